The van der Waals surface area contributed by atoms with Crippen molar-refractivity contribution in [1.82, 2.24) is 0 Å². The lowest BCUT2D eigenvalue weighted by Crippen LogP contribution is -2.31. The summed E-state index contributed by atoms with van der Waals surface area (Å²) in [6, 6.07) is 0. The number of methoxy groups -OCH3 is 1. The van der Waals surface area contributed by atoms with Crippen LogP contribution in [0.25, 0.3) is 0 Å². The molecule has 0 aromatic rings. The van der Waals surface area contributed by atoms with Crippen LogP contribution in [0.2, 0.25) is 0 Å². The van der Waals surface area contributed by atoms with Crippen molar-refractivity contribution in [1.29, 1.82) is 0 Å². The fourth-order valence-electron chi connectivity index (χ4n) is 1.46. The first-order valence-corrected chi connectivity index (χ1v) is 5.01. The van der Waals surface area contributed by atoms with Gasteiger partial charge in [-0.25, -0.2) is 0 Å². The van der Waals surface area contributed by atoms with E-state index in [-0.39, 0.29) is 18.5 Å². The molecule has 1 N–H and O–H groups in total. The Balaban J connectivity index is 2.29. The maximum Gasteiger partial charge on any atom is 0.305 e. The minimum Gasteiger partial charge on any atom is -0.469 e. The van der Waals surface area contributed by atoms with Crippen LogP contribution in [0.5, 0.6) is 0 Å². The van der Waals surface area contributed by atoms with Crippen LogP contribution in [0.3, 0.4) is 0 Å². The molecular weight excluding hydrogens is 200 g/mol. The van der Waals surface area contributed by atoms with Crippen molar-refractivity contribution in [3.05, 3.63) is 0 Å². The van der Waals surface area contributed by atoms with Crippen LogP contribution in [-0.4, -0.2) is 42.8 Å². The first-order chi connectivity index (χ1) is 6.94. The van der Waals surface area contributed by atoms with E-state index in [1.54, 1.807) is 13.8 Å². The van der Waals surface area contributed by atoms with Crippen molar-refractivity contribution in [3.8, 4) is 0 Å². The third-order valence-electron chi connectivity index (χ3n) is 2.33. The van der Waals surface area contributed by atoms with Crippen LogP contribution in [0.1, 0.15) is 26.7 Å². The smallest absolute Gasteiger partial charge is 0.305 e. The van der Waals surface area contributed by atoms with E-state index in [1.165, 1.54) is 7.11 Å². The van der Waals surface area contributed by atoms with E-state index in [9.17, 15) is 9.90 Å². The summed E-state index contributed by atoms with van der Waals surface area (Å²) in [5, 5.41) is 9.71. The highest BCUT2D eigenvalue weighted by molar-refractivity contribution is 5.69. The van der Waals surface area contributed by atoms with Gasteiger partial charge >= 0.3 is 5.97 Å². The van der Waals surface area contributed by atoms with Gasteiger partial charge in [-0.2, -0.15) is 0 Å². The monoisotopic (exact) mass is 218 g/mol. The highest BCUT2D eigenvalue weighted by Gasteiger charge is 2.36. The van der Waals surface area contributed by atoms with E-state index in [4.69, 9.17) is 9.47 Å². The number of esters is 1. The molecule has 0 spiro atoms. The third kappa shape index (κ3) is 3.77. The zero-order valence-corrected chi connectivity index (χ0v) is 9.36. The lowest BCUT2D eigenvalue weighted by molar-refractivity contribution is -0.153. The Labute approximate surface area is 89.3 Å². The minimum absolute atomic E-state index is 0.192. The maximum absolute atomic E-state index is 10.9. The summed E-state index contributed by atoms with van der Waals surface area (Å²) in [5.41, 5.74) is 0. The molecule has 0 bridgehead atoms. The van der Waals surface area contributed by atoms with Crippen LogP contribution in [0, 0.1) is 0 Å². The molecule has 0 radical (unpaired) electrons. The molecule has 1 aliphatic heterocycles. The number of ether oxygens (including phenoxy) is 3. The molecule has 1 heterocycles. The molecule has 1 rings (SSSR count). The average molecular weight is 218 g/mol. The number of carbonyl (C=O) groups excluding carboxylic acids is 1. The normalized spacial score (nSPS) is 26.3. The molecule has 1 fully saturated rings. The standard InChI is InChI=1S/C10H18O5/c1-10(2)14-6-8(15-10)7(11)4-5-9(12)13-3/h7-8,11H,4-6H2,1-3H3/t7-,8+/m0/s1. The number of aliphatic hydroxyl groups excluding tert-OH is 1. The van der Waals surface area contributed by atoms with Crippen molar-refractivity contribution in [2.75, 3.05) is 13.7 Å². The van der Waals surface area contributed by atoms with Gasteiger partial charge in [0.2, 0.25) is 0 Å². The second-order valence-corrected chi connectivity index (χ2v) is 4.05. The highest BCUT2D eigenvalue weighted by Crippen LogP contribution is 2.25. The fraction of sp³-hybridized carbons (Fsp3) is 0.900. The van der Waals surface area contributed by atoms with E-state index in [0.717, 1.165) is 0 Å². The maximum atomic E-state index is 10.9. The van der Waals surface area contributed by atoms with Crippen molar-refractivity contribution in [2.24, 2.45) is 0 Å². The van der Waals surface area contributed by atoms with Gasteiger partial charge in [0.15, 0.2) is 5.79 Å². The molecule has 0 aliphatic carbocycles. The molecule has 1 saturated heterocycles. The molecule has 0 saturated carbocycles. The number of carbonyl (C=O) groups is 1. The van der Waals surface area contributed by atoms with Crippen LogP contribution >= 0.6 is 0 Å². The average Bonchev–Trinajstić information content (AvgIpc) is 2.54. The summed E-state index contributed by atoms with van der Waals surface area (Å²) in [6.45, 7) is 3.94. The van der Waals surface area contributed by atoms with Crippen molar-refractivity contribution >= 4 is 5.97 Å². The van der Waals surface area contributed by atoms with E-state index in [2.05, 4.69) is 4.74 Å². The van der Waals surface area contributed by atoms with Gasteiger partial charge in [-0.05, 0) is 20.3 Å². The topological polar surface area (TPSA) is 65.0 Å². The number of aliphatic hydroxyl groups is 1. The summed E-state index contributed by atoms with van der Waals surface area (Å²) in [4.78, 5) is 10.9. The summed E-state index contributed by atoms with van der Waals surface area (Å²) < 4.78 is 15.2. The van der Waals surface area contributed by atoms with E-state index in [1.807, 2.05) is 0 Å². The zero-order chi connectivity index (χ0) is 11.5. The first-order valence-electron chi connectivity index (χ1n) is 5.01. The van der Waals surface area contributed by atoms with E-state index < -0.39 is 11.9 Å². The molecule has 0 aromatic heterocycles. The van der Waals surface area contributed by atoms with Crippen LogP contribution in [0.15, 0.2) is 0 Å². The van der Waals surface area contributed by atoms with E-state index in [0.29, 0.717) is 13.0 Å². The molecule has 1 aliphatic rings. The number of rotatable bonds is 4. The molecule has 5 nitrogen and oxygen atoms in total. The Hall–Kier alpha value is -0.650. The van der Waals surface area contributed by atoms with E-state index >= 15 is 0 Å². The summed E-state index contributed by atoms with van der Waals surface area (Å²) >= 11 is 0. The molecule has 88 valence electrons. The quantitative estimate of drug-likeness (QED) is 0.694. The van der Waals surface area contributed by atoms with Gasteiger partial charge in [-0.1, -0.05) is 0 Å². The Kier molecular flexibility index (Phi) is 4.07. The highest BCUT2D eigenvalue weighted by atomic mass is 16.7. The van der Waals surface area contributed by atoms with Crippen LogP contribution < -0.4 is 0 Å². The molecule has 2 atom stereocenters. The Morgan fingerprint density at radius 3 is 2.80 bits per heavy atom. The van der Waals surface area contributed by atoms with Gasteiger partial charge in [0.25, 0.3) is 0 Å². The van der Waals surface area contributed by atoms with Gasteiger partial charge < -0.3 is 19.3 Å². The second-order valence-electron chi connectivity index (χ2n) is 4.05. The zero-order valence-electron chi connectivity index (χ0n) is 9.36. The van der Waals surface area contributed by atoms with Crippen molar-refractivity contribution < 1.29 is 24.1 Å². The fourth-order valence-corrected chi connectivity index (χ4v) is 1.46. The van der Waals surface area contributed by atoms with Gasteiger partial charge in [-0.15, -0.1) is 0 Å². The predicted octanol–water partition coefficient (Wildman–Crippen LogP) is 0.452. The van der Waals surface area contributed by atoms with Crippen LogP contribution in [-0.2, 0) is 19.0 Å². The van der Waals surface area contributed by atoms with Crippen LogP contribution in [0.4, 0.5) is 0 Å². The lowest BCUT2D eigenvalue weighted by atomic mass is 10.1. The molecule has 0 unspecified atom stereocenters. The van der Waals surface area contributed by atoms with Gasteiger partial charge in [-0.3, -0.25) is 4.79 Å². The molecule has 0 amide bonds. The largest absolute Gasteiger partial charge is 0.469 e. The molecule has 5 heteroatoms. The Morgan fingerprint density at radius 1 is 1.67 bits per heavy atom. The minimum atomic E-state index is -0.689. The van der Waals surface area contributed by atoms with Crippen molar-refractivity contribution in [3.63, 3.8) is 0 Å². The molecule has 0 aromatic carbocycles. The van der Waals surface area contributed by atoms with Gasteiger partial charge in [0.1, 0.15) is 6.10 Å². The summed E-state index contributed by atoms with van der Waals surface area (Å²) in [7, 11) is 1.33. The lowest BCUT2D eigenvalue weighted by Gasteiger charge is -2.20. The van der Waals surface area contributed by atoms with Crippen molar-refractivity contribution in [2.45, 2.75) is 44.7 Å². The summed E-state index contributed by atoms with van der Waals surface area (Å²) in [6.07, 6.45) is -0.523. The predicted molar refractivity (Wildman–Crippen MR) is 52.2 cm³/mol. The third-order valence-corrected chi connectivity index (χ3v) is 2.33. The second kappa shape index (κ2) is 4.92. The SMILES string of the molecule is COC(=O)CC[C@H](O)[C@H]1COC(C)(C)O1. The van der Waals surface area contributed by atoms with Gasteiger partial charge in [0, 0.05) is 6.42 Å². The molecule has 15 heavy (non-hydrogen) atoms. The Bertz CT molecular complexity index is 226. The number of hydrogen-bond donors (Lipinski definition) is 1. The first kappa shape index (κ1) is 12.4. The Morgan fingerprint density at radius 2 is 2.33 bits per heavy atom. The van der Waals surface area contributed by atoms with Gasteiger partial charge in [0.05, 0.1) is 19.8 Å². The summed E-state index contributed by atoms with van der Waals surface area (Å²) in [5.74, 6) is -0.969. The molecular formula is C10H18O5. The number of hydrogen-bond acceptors (Lipinski definition) is 5.